The fourth-order valence-electron chi connectivity index (χ4n) is 3.20. The Balaban J connectivity index is 1.60. The largest absolute Gasteiger partial charge is 0.384 e. The molecule has 3 heteroatoms. The van der Waals surface area contributed by atoms with Gasteiger partial charge in [0.1, 0.15) is 0 Å². The van der Waals surface area contributed by atoms with Gasteiger partial charge in [-0.2, -0.15) is 0 Å². The Morgan fingerprint density at radius 3 is 3.16 bits per heavy atom. The van der Waals surface area contributed by atoms with Crippen molar-refractivity contribution >= 4 is 5.69 Å². The SMILES string of the molecule is CN(Cc1cccc2c1NCC2)CC1CCCCO1. The van der Waals surface area contributed by atoms with Gasteiger partial charge >= 0.3 is 0 Å². The third-order valence-electron chi connectivity index (χ3n) is 4.16. The second-order valence-electron chi connectivity index (χ2n) is 5.81. The van der Waals surface area contributed by atoms with Gasteiger partial charge in [0, 0.05) is 31.9 Å². The summed E-state index contributed by atoms with van der Waals surface area (Å²) in [4.78, 5) is 2.39. The van der Waals surface area contributed by atoms with Gasteiger partial charge in [-0.1, -0.05) is 18.2 Å². The molecule has 0 spiro atoms. The summed E-state index contributed by atoms with van der Waals surface area (Å²) in [6, 6.07) is 6.67. The van der Waals surface area contributed by atoms with Gasteiger partial charge in [0.25, 0.3) is 0 Å². The molecule has 1 N–H and O–H groups in total. The highest BCUT2D eigenvalue weighted by Gasteiger charge is 2.18. The van der Waals surface area contributed by atoms with Crippen LogP contribution in [0.5, 0.6) is 0 Å². The summed E-state index contributed by atoms with van der Waals surface area (Å²) >= 11 is 0. The quantitative estimate of drug-likeness (QED) is 0.900. The molecule has 2 aliphatic heterocycles. The molecule has 104 valence electrons. The van der Waals surface area contributed by atoms with Crippen molar-refractivity contribution in [3.8, 4) is 0 Å². The maximum atomic E-state index is 5.82. The lowest BCUT2D eigenvalue weighted by Crippen LogP contribution is -2.33. The van der Waals surface area contributed by atoms with Crippen LogP contribution in [0.25, 0.3) is 0 Å². The predicted octanol–water partition coefficient (Wildman–Crippen LogP) is 2.66. The number of fused-ring (bicyclic) bond motifs is 1. The third kappa shape index (κ3) is 3.10. The molecule has 2 heterocycles. The van der Waals surface area contributed by atoms with E-state index >= 15 is 0 Å². The van der Waals surface area contributed by atoms with Crippen molar-refractivity contribution in [3.63, 3.8) is 0 Å². The Hall–Kier alpha value is -1.06. The van der Waals surface area contributed by atoms with Crippen molar-refractivity contribution < 1.29 is 4.74 Å². The maximum absolute atomic E-state index is 5.82. The zero-order chi connectivity index (χ0) is 13.1. The molecule has 2 aliphatic rings. The zero-order valence-electron chi connectivity index (χ0n) is 11.8. The number of nitrogens with zero attached hydrogens (tertiary/aromatic N) is 1. The van der Waals surface area contributed by atoms with Gasteiger partial charge < -0.3 is 10.1 Å². The highest BCUT2D eigenvalue weighted by atomic mass is 16.5. The second-order valence-corrected chi connectivity index (χ2v) is 5.81. The van der Waals surface area contributed by atoms with Crippen molar-refractivity contribution in [2.24, 2.45) is 0 Å². The number of likely N-dealkylation sites (N-methyl/N-ethyl adjacent to an activating group) is 1. The molecular formula is C16H24N2O. The van der Waals surface area contributed by atoms with Crippen molar-refractivity contribution in [2.45, 2.75) is 38.3 Å². The summed E-state index contributed by atoms with van der Waals surface area (Å²) in [5.74, 6) is 0. The summed E-state index contributed by atoms with van der Waals surface area (Å²) < 4.78 is 5.82. The van der Waals surface area contributed by atoms with E-state index in [0.29, 0.717) is 6.10 Å². The van der Waals surface area contributed by atoms with Gasteiger partial charge in [0.15, 0.2) is 0 Å². The highest BCUT2D eigenvalue weighted by molar-refractivity contribution is 5.61. The lowest BCUT2D eigenvalue weighted by molar-refractivity contribution is -0.00256. The molecule has 1 aromatic rings. The highest BCUT2D eigenvalue weighted by Crippen LogP contribution is 2.27. The van der Waals surface area contributed by atoms with E-state index in [1.54, 1.807) is 0 Å². The van der Waals surface area contributed by atoms with E-state index in [0.717, 1.165) is 26.2 Å². The van der Waals surface area contributed by atoms with Crippen molar-refractivity contribution in [3.05, 3.63) is 29.3 Å². The Labute approximate surface area is 115 Å². The maximum Gasteiger partial charge on any atom is 0.0702 e. The summed E-state index contributed by atoms with van der Waals surface area (Å²) in [6.07, 6.45) is 5.37. The Morgan fingerprint density at radius 2 is 2.32 bits per heavy atom. The number of ether oxygens (including phenoxy) is 1. The monoisotopic (exact) mass is 260 g/mol. The molecule has 1 atom stereocenters. The van der Waals surface area contributed by atoms with Crippen molar-refractivity contribution in [1.29, 1.82) is 0 Å². The van der Waals surface area contributed by atoms with Crippen LogP contribution in [0.1, 0.15) is 30.4 Å². The molecule has 1 saturated heterocycles. The minimum Gasteiger partial charge on any atom is -0.384 e. The van der Waals surface area contributed by atoms with Gasteiger partial charge in [0.2, 0.25) is 0 Å². The molecule has 3 rings (SSSR count). The van der Waals surface area contributed by atoms with Crippen LogP contribution < -0.4 is 5.32 Å². The summed E-state index contributed by atoms with van der Waals surface area (Å²) in [5, 5.41) is 3.52. The van der Waals surface area contributed by atoms with E-state index in [2.05, 4.69) is 35.5 Å². The smallest absolute Gasteiger partial charge is 0.0702 e. The normalized spacial score (nSPS) is 22.3. The third-order valence-corrected chi connectivity index (χ3v) is 4.16. The van der Waals surface area contributed by atoms with E-state index in [9.17, 15) is 0 Å². The Kier molecular flexibility index (Phi) is 4.04. The Morgan fingerprint density at radius 1 is 1.37 bits per heavy atom. The van der Waals surface area contributed by atoms with E-state index in [-0.39, 0.29) is 0 Å². The first kappa shape index (κ1) is 12.9. The van der Waals surface area contributed by atoms with Gasteiger partial charge in [-0.25, -0.2) is 0 Å². The van der Waals surface area contributed by atoms with Crippen LogP contribution >= 0.6 is 0 Å². The molecule has 19 heavy (non-hydrogen) atoms. The second kappa shape index (κ2) is 5.93. The Bertz CT molecular complexity index is 427. The van der Waals surface area contributed by atoms with Crippen LogP contribution in [-0.2, 0) is 17.7 Å². The van der Waals surface area contributed by atoms with Crippen LogP contribution in [0, 0.1) is 0 Å². The number of anilines is 1. The fraction of sp³-hybridized carbons (Fsp3) is 0.625. The number of para-hydroxylation sites is 1. The van der Waals surface area contributed by atoms with E-state index in [1.165, 1.54) is 42.5 Å². The van der Waals surface area contributed by atoms with E-state index < -0.39 is 0 Å². The van der Waals surface area contributed by atoms with Crippen LogP contribution in [0.4, 0.5) is 5.69 Å². The molecule has 0 radical (unpaired) electrons. The van der Waals surface area contributed by atoms with Crippen LogP contribution in [-0.4, -0.2) is 37.7 Å². The summed E-state index contributed by atoms with van der Waals surface area (Å²) in [5.41, 5.74) is 4.27. The van der Waals surface area contributed by atoms with E-state index in [4.69, 9.17) is 4.74 Å². The summed E-state index contributed by atoms with van der Waals surface area (Å²) in [6.45, 7) is 4.09. The standard InChI is InChI=1S/C16H24N2O/c1-18(12-15-7-2-3-10-19-15)11-14-6-4-5-13-8-9-17-16(13)14/h4-6,15,17H,2-3,7-12H2,1H3. The summed E-state index contributed by atoms with van der Waals surface area (Å²) in [7, 11) is 2.20. The van der Waals surface area contributed by atoms with Gasteiger partial charge in [0.05, 0.1) is 6.10 Å². The predicted molar refractivity (Wildman–Crippen MR) is 78.6 cm³/mol. The molecule has 1 aromatic carbocycles. The molecule has 0 amide bonds. The topological polar surface area (TPSA) is 24.5 Å². The molecule has 1 fully saturated rings. The minimum atomic E-state index is 0.434. The number of nitrogens with one attached hydrogen (secondary N) is 1. The number of benzene rings is 1. The first-order valence-corrected chi connectivity index (χ1v) is 7.48. The number of hydrogen-bond donors (Lipinski definition) is 1. The van der Waals surface area contributed by atoms with Gasteiger partial charge in [-0.15, -0.1) is 0 Å². The minimum absolute atomic E-state index is 0.434. The first-order chi connectivity index (χ1) is 9.33. The lowest BCUT2D eigenvalue weighted by atomic mass is 10.1. The lowest BCUT2D eigenvalue weighted by Gasteiger charge is -2.27. The van der Waals surface area contributed by atoms with Crippen molar-refractivity contribution in [1.82, 2.24) is 4.90 Å². The van der Waals surface area contributed by atoms with Crippen molar-refractivity contribution in [2.75, 3.05) is 32.1 Å². The van der Waals surface area contributed by atoms with Crippen LogP contribution in [0.3, 0.4) is 0 Å². The molecule has 0 saturated carbocycles. The average molecular weight is 260 g/mol. The molecule has 0 aliphatic carbocycles. The van der Waals surface area contributed by atoms with Gasteiger partial charge in [-0.05, 0) is 43.9 Å². The zero-order valence-corrected chi connectivity index (χ0v) is 11.8. The molecule has 3 nitrogen and oxygen atoms in total. The van der Waals surface area contributed by atoms with Gasteiger partial charge in [-0.3, -0.25) is 4.90 Å². The number of rotatable bonds is 4. The van der Waals surface area contributed by atoms with E-state index in [1.807, 2.05) is 0 Å². The molecular weight excluding hydrogens is 236 g/mol. The number of hydrogen-bond acceptors (Lipinski definition) is 3. The molecule has 0 bridgehead atoms. The molecule has 0 aromatic heterocycles. The first-order valence-electron chi connectivity index (χ1n) is 7.48. The van der Waals surface area contributed by atoms with Crippen LogP contribution in [0.15, 0.2) is 18.2 Å². The molecule has 1 unspecified atom stereocenters. The van der Waals surface area contributed by atoms with Crippen LogP contribution in [0.2, 0.25) is 0 Å². The average Bonchev–Trinajstić information content (AvgIpc) is 2.89. The fourth-order valence-corrected chi connectivity index (χ4v) is 3.20.